The average molecular weight is 1140 g/mol. The van der Waals surface area contributed by atoms with E-state index in [1.165, 1.54) is 5.56 Å². The van der Waals surface area contributed by atoms with E-state index in [0.29, 0.717) is 11.4 Å². The van der Waals surface area contributed by atoms with Crippen LogP contribution in [0.1, 0.15) is 26.3 Å². The zero-order valence-electron chi connectivity index (χ0n) is 39.3. The number of benzene rings is 7. The van der Waals surface area contributed by atoms with Crippen molar-refractivity contribution in [1.29, 1.82) is 0 Å². The first-order valence-electron chi connectivity index (χ1n) is 23.1. The minimum absolute atomic E-state index is 0. The molecule has 0 N–H and O–H groups in total. The normalized spacial score (nSPS) is 11.8. The summed E-state index contributed by atoms with van der Waals surface area (Å²) in [5, 5.41) is 2.10. The fourth-order valence-corrected chi connectivity index (χ4v) is 9.01. The molecule has 2 aliphatic heterocycles. The van der Waals surface area contributed by atoms with Crippen LogP contribution in [0.25, 0.3) is 66.8 Å². The third kappa shape index (κ3) is 9.67. The second-order valence-corrected chi connectivity index (χ2v) is 18.2. The molecule has 0 atom stereocenters. The third-order valence-corrected chi connectivity index (χ3v) is 12.5. The molecule has 0 spiro atoms. The molecule has 0 unspecified atom stereocenters. The molecule has 6 heterocycles. The van der Waals surface area contributed by atoms with E-state index in [4.69, 9.17) is 18.9 Å². The van der Waals surface area contributed by atoms with Gasteiger partial charge in [-0.15, -0.1) is 42.5 Å². The molecule has 7 aromatic carbocycles. The Balaban J connectivity index is 0.000000172. The maximum atomic E-state index is 13.2. The Morgan fingerprint density at radius 3 is 1.60 bits per heavy atom. The fourth-order valence-electron chi connectivity index (χ4n) is 9.01. The van der Waals surface area contributed by atoms with Gasteiger partial charge in [0, 0.05) is 52.7 Å². The molecule has 13 rings (SSSR count). The second kappa shape index (κ2) is 20.1. The van der Waals surface area contributed by atoms with E-state index >= 15 is 0 Å². The summed E-state index contributed by atoms with van der Waals surface area (Å²) in [7, 11) is 0. The zero-order valence-corrected chi connectivity index (χ0v) is 41.7. The number of furan rings is 1. The van der Waals surface area contributed by atoms with Crippen LogP contribution in [0, 0.1) is 41.5 Å². The number of aromatic nitrogens is 3. The monoisotopic (exact) mass is 1140 g/mol. The fraction of sp³-hybridized carbons (Fsp3) is 0.0656. The zero-order chi connectivity index (χ0) is 49.5. The number of hydrogen-bond donors (Lipinski definition) is 0. The number of hydrogen-bond acceptors (Lipinski definition) is 6. The van der Waals surface area contributed by atoms with Crippen molar-refractivity contribution in [2.24, 2.45) is 0 Å². The minimum atomic E-state index is -0.649. The molecule has 356 valence electrons. The summed E-state index contributed by atoms with van der Waals surface area (Å²) in [6, 6.07) is 57.9. The maximum absolute atomic E-state index is 13.2. The largest absolute Gasteiger partial charge is 3.00 e. The molecule has 2 aliphatic rings. The van der Waals surface area contributed by atoms with Gasteiger partial charge in [0.2, 0.25) is 0 Å². The van der Waals surface area contributed by atoms with Crippen molar-refractivity contribution in [3.8, 4) is 67.9 Å². The van der Waals surface area contributed by atoms with Crippen LogP contribution in [0.4, 0.5) is 17.6 Å². The van der Waals surface area contributed by atoms with Crippen LogP contribution >= 0.6 is 0 Å². The number of ether oxygens (including phenoxy) is 2. The first kappa shape index (κ1) is 48.5. The van der Waals surface area contributed by atoms with Crippen molar-refractivity contribution < 1.29 is 51.6 Å². The third-order valence-electron chi connectivity index (χ3n) is 12.5. The van der Waals surface area contributed by atoms with E-state index in [9.17, 15) is 17.6 Å². The first-order chi connectivity index (χ1) is 35.0. The van der Waals surface area contributed by atoms with Crippen LogP contribution in [0.3, 0.4) is 0 Å². The topological polar surface area (TPSA) is 70.3 Å². The van der Waals surface area contributed by atoms with E-state index in [1.54, 1.807) is 48.8 Å². The Morgan fingerprint density at radius 1 is 0.493 bits per heavy atom. The van der Waals surface area contributed by atoms with Crippen LogP contribution in [-0.2, 0) is 25.5 Å². The van der Waals surface area contributed by atoms with Crippen molar-refractivity contribution >= 4 is 45.0 Å². The molecule has 0 saturated carbocycles. The summed E-state index contributed by atoms with van der Waals surface area (Å²) in [6.45, 7) is 6.69. The smallest absolute Gasteiger partial charge is 0.501 e. The van der Waals surface area contributed by atoms with Gasteiger partial charge in [-0.1, -0.05) is 134 Å². The van der Waals surface area contributed by atoms with Crippen molar-refractivity contribution in [3.63, 3.8) is 0 Å². The Kier molecular flexibility index (Phi) is 13.4. The Morgan fingerprint density at radius 2 is 1.05 bits per heavy atom. The van der Waals surface area contributed by atoms with E-state index in [1.807, 2.05) is 36.5 Å². The molecular formula is C61H39BF4IrN3O3. The predicted molar refractivity (Wildman–Crippen MR) is 274 cm³/mol. The molecule has 4 aromatic heterocycles. The van der Waals surface area contributed by atoms with E-state index < -0.39 is 23.3 Å². The van der Waals surface area contributed by atoms with Crippen LogP contribution in [0.5, 0.6) is 23.0 Å². The molecule has 11 aromatic rings. The van der Waals surface area contributed by atoms with Gasteiger partial charge in [-0.2, -0.15) is 0 Å². The van der Waals surface area contributed by atoms with Gasteiger partial charge < -0.3 is 28.8 Å². The molecule has 0 bridgehead atoms. The summed E-state index contributed by atoms with van der Waals surface area (Å²) < 4.78 is 71.2. The van der Waals surface area contributed by atoms with Gasteiger partial charge in [0.15, 0.2) is 0 Å². The van der Waals surface area contributed by atoms with E-state index in [0.717, 1.165) is 108 Å². The summed E-state index contributed by atoms with van der Waals surface area (Å²) in [5.41, 5.74) is 11.3. The van der Waals surface area contributed by atoms with Gasteiger partial charge in [-0.05, 0) is 98.6 Å². The van der Waals surface area contributed by atoms with E-state index in [-0.39, 0.29) is 43.4 Å². The van der Waals surface area contributed by atoms with Gasteiger partial charge in [-0.25, -0.2) is 0 Å². The van der Waals surface area contributed by atoms with Crippen molar-refractivity contribution in [2.45, 2.75) is 26.2 Å². The number of fused-ring (bicyclic) bond motifs is 7. The molecule has 0 fully saturated rings. The van der Waals surface area contributed by atoms with Crippen molar-refractivity contribution in [2.75, 3.05) is 0 Å². The van der Waals surface area contributed by atoms with Crippen LogP contribution in [-0.4, -0.2) is 21.7 Å². The molecule has 0 saturated heterocycles. The van der Waals surface area contributed by atoms with Crippen molar-refractivity contribution in [1.82, 2.24) is 15.0 Å². The van der Waals surface area contributed by atoms with Crippen LogP contribution in [0.2, 0.25) is 0 Å². The SMILES string of the molecule is CC(C)(C)c1ccnc(-c2[c-]ccc3c2oc2cc(-c4cc5c6c(c4)Oc4ccccc4B6c4ccccc4O5)ccc23)c1.Fc1c[c-]c(-c2ccccn2)c(F)c1.Fc1c[c-]c(-c2ccccn2)c(F)c1.[Ir+3]. The van der Waals surface area contributed by atoms with Gasteiger partial charge >= 0.3 is 20.1 Å². The Hall–Kier alpha value is -8.18. The predicted octanol–water partition coefficient (Wildman–Crippen LogP) is 13.8. The standard InChI is InChI=1S/C39H27BNO3.2C11H6F2N.Ir/c1-39(2,3)25-17-18-41-31(22-25)28-10-8-9-27-26-16-15-23(19-34(26)44-38(27)28)24-20-35-37-36(21-24)43-33-14-7-5-12-30(33)40(37)29-11-4-6-13-32(29)42-35;2*12-8-4-5-9(10(13)7-8)11-3-1-2-6-14-11;/h4-9,11-22H,1-3H3;2*1-4,6-7H;/q3*-1;+3. The second-order valence-electron chi connectivity index (χ2n) is 18.2. The molecule has 12 heteroatoms. The maximum Gasteiger partial charge on any atom is 3.00 e. The number of rotatable bonds is 4. The Bertz CT molecular complexity index is 3670. The Labute approximate surface area is 432 Å². The van der Waals surface area contributed by atoms with Crippen LogP contribution < -0.4 is 25.9 Å². The van der Waals surface area contributed by atoms with Gasteiger partial charge in [0.05, 0.1) is 5.58 Å². The molecule has 0 radical (unpaired) electrons. The minimum Gasteiger partial charge on any atom is -0.501 e. The van der Waals surface area contributed by atoms with Gasteiger partial charge in [0.1, 0.15) is 28.6 Å². The van der Waals surface area contributed by atoms with Gasteiger partial charge in [-0.3, -0.25) is 17.6 Å². The number of pyridine rings is 3. The number of nitrogens with zero attached hydrogens (tertiary/aromatic N) is 3. The first-order valence-corrected chi connectivity index (χ1v) is 23.1. The van der Waals surface area contributed by atoms with Crippen molar-refractivity contribution in [3.05, 3.63) is 229 Å². The molecule has 6 nitrogen and oxygen atoms in total. The quantitative estimate of drug-likeness (QED) is 0.0993. The average Bonchev–Trinajstić information content (AvgIpc) is 3.77. The van der Waals surface area contributed by atoms with Crippen LogP contribution in [0.15, 0.2) is 187 Å². The number of halogens is 4. The van der Waals surface area contributed by atoms with E-state index in [2.05, 4.69) is 122 Å². The molecule has 0 aliphatic carbocycles. The molecule has 0 amide bonds. The summed E-state index contributed by atoms with van der Waals surface area (Å²) >= 11 is 0. The van der Waals surface area contributed by atoms with Gasteiger partial charge in [0.25, 0.3) is 6.71 Å². The summed E-state index contributed by atoms with van der Waals surface area (Å²) in [4.78, 5) is 12.6. The summed E-state index contributed by atoms with van der Waals surface area (Å²) in [5.74, 6) is 0.830. The summed E-state index contributed by atoms with van der Waals surface area (Å²) in [6.07, 6.45) is 4.97. The molecular weight excluding hydrogens is 1100 g/mol. The number of para-hydroxylation sites is 2. The molecule has 73 heavy (non-hydrogen) atoms.